The van der Waals surface area contributed by atoms with E-state index in [1.807, 2.05) is 19.1 Å². The lowest BCUT2D eigenvalue weighted by Crippen LogP contribution is -2.34. The molecule has 0 bridgehead atoms. The molecule has 0 aliphatic carbocycles. The van der Waals surface area contributed by atoms with Gasteiger partial charge in [-0.1, -0.05) is 6.92 Å². The van der Waals surface area contributed by atoms with Gasteiger partial charge in [-0.3, -0.25) is 9.59 Å². The maximum absolute atomic E-state index is 13.6. The highest BCUT2D eigenvalue weighted by Gasteiger charge is 2.16. The SMILES string of the molecule is CCc1ccc(CNC(=O)C(=O)Nc2ccc(OC(F)F)c(F)c2)s1. The molecule has 0 aliphatic heterocycles. The van der Waals surface area contributed by atoms with Crippen LogP contribution >= 0.6 is 11.3 Å². The fourth-order valence-electron chi connectivity index (χ4n) is 1.91. The Morgan fingerprint density at radius 1 is 1.16 bits per heavy atom. The molecular weight excluding hydrogens is 357 g/mol. The summed E-state index contributed by atoms with van der Waals surface area (Å²) in [4.78, 5) is 25.6. The Balaban J connectivity index is 1.90. The minimum absolute atomic E-state index is 0.0522. The van der Waals surface area contributed by atoms with Crippen molar-refractivity contribution in [1.82, 2.24) is 5.32 Å². The predicted octanol–water partition coefficient (Wildman–Crippen LogP) is 3.31. The van der Waals surface area contributed by atoms with Gasteiger partial charge in [-0.05, 0) is 30.7 Å². The molecule has 2 rings (SSSR count). The molecule has 9 heteroatoms. The summed E-state index contributed by atoms with van der Waals surface area (Å²) < 4.78 is 41.6. The molecule has 0 radical (unpaired) electrons. The third-order valence-corrected chi connectivity index (χ3v) is 4.33. The molecule has 1 heterocycles. The van der Waals surface area contributed by atoms with Gasteiger partial charge >= 0.3 is 18.4 Å². The van der Waals surface area contributed by atoms with E-state index in [-0.39, 0.29) is 12.2 Å². The summed E-state index contributed by atoms with van der Waals surface area (Å²) in [5.41, 5.74) is -0.0522. The molecule has 2 amide bonds. The van der Waals surface area contributed by atoms with Gasteiger partial charge in [0.05, 0.1) is 6.54 Å². The lowest BCUT2D eigenvalue weighted by Gasteiger charge is -2.09. The molecule has 25 heavy (non-hydrogen) atoms. The number of carbonyl (C=O) groups excluding carboxylic acids is 2. The number of hydrogen-bond acceptors (Lipinski definition) is 4. The molecule has 2 aromatic rings. The molecule has 134 valence electrons. The number of nitrogens with one attached hydrogen (secondary N) is 2. The summed E-state index contributed by atoms with van der Waals surface area (Å²) in [5, 5.41) is 4.64. The third-order valence-electron chi connectivity index (χ3n) is 3.10. The van der Waals surface area contributed by atoms with Crippen LogP contribution < -0.4 is 15.4 Å². The first kappa shape index (κ1) is 18.8. The van der Waals surface area contributed by atoms with Crippen LogP contribution in [0.2, 0.25) is 0 Å². The number of alkyl halides is 2. The zero-order valence-electron chi connectivity index (χ0n) is 13.1. The van der Waals surface area contributed by atoms with Gasteiger partial charge in [0, 0.05) is 21.5 Å². The molecule has 0 saturated carbocycles. The third kappa shape index (κ3) is 5.49. The van der Waals surface area contributed by atoms with E-state index in [0.717, 1.165) is 34.4 Å². The minimum Gasteiger partial charge on any atom is -0.432 e. The van der Waals surface area contributed by atoms with E-state index in [2.05, 4.69) is 15.4 Å². The lowest BCUT2D eigenvalue weighted by molar-refractivity contribution is -0.136. The lowest BCUT2D eigenvalue weighted by atomic mass is 10.3. The molecule has 0 saturated heterocycles. The largest absolute Gasteiger partial charge is 0.432 e. The van der Waals surface area contributed by atoms with Crippen molar-refractivity contribution in [2.24, 2.45) is 0 Å². The van der Waals surface area contributed by atoms with Gasteiger partial charge in [-0.15, -0.1) is 11.3 Å². The maximum atomic E-state index is 13.6. The van der Waals surface area contributed by atoms with E-state index in [0.29, 0.717) is 0 Å². The summed E-state index contributed by atoms with van der Waals surface area (Å²) in [6, 6.07) is 6.68. The summed E-state index contributed by atoms with van der Waals surface area (Å²) in [6.07, 6.45) is 0.885. The van der Waals surface area contributed by atoms with Gasteiger partial charge in [-0.25, -0.2) is 4.39 Å². The number of amides is 2. The second-order valence-electron chi connectivity index (χ2n) is 4.88. The molecule has 2 N–H and O–H groups in total. The summed E-state index contributed by atoms with van der Waals surface area (Å²) in [6.45, 7) is -0.948. The number of ether oxygens (including phenoxy) is 1. The van der Waals surface area contributed by atoms with E-state index < -0.39 is 30.0 Å². The van der Waals surface area contributed by atoms with Gasteiger partial charge in [0.1, 0.15) is 0 Å². The fourth-order valence-corrected chi connectivity index (χ4v) is 2.81. The maximum Gasteiger partial charge on any atom is 0.387 e. The molecule has 0 atom stereocenters. The van der Waals surface area contributed by atoms with Crippen molar-refractivity contribution < 1.29 is 27.5 Å². The zero-order valence-corrected chi connectivity index (χ0v) is 14.0. The van der Waals surface area contributed by atoms with E-state index in [9.17, 15) is 22.8 Å². The Bertz CT molecular complexity index is 765. The van der Waals surface area contributed by atoms with Crippen molar-refractivity contribution in [3.63, 3.8) is 0 Å². The number of aryl methyl sites for hydroxylation is 1. The van der Waals surface area contributed by atoms with Gasteiger partial charge < -0.3 is 15.4 Å². The van der Waals surface area contributed by atoms with Crippen LogP contribution in [-0.2, 0) is 22.6 Å². The highest BCUT2D eigenvalue weighted by atomic mass is 32.1. The van der Waals surface area contributed by atoms with Crippen molar-refractivity contribution in [1.29, 1.82) is 0 Å². The van der Waals surface area contributed by atoms with Crippen LogP contribution in [-0.4, -0.2) is 18.4 Å². The Kier molecular flexibility index (Phi) is 6.40. The number of carbonyl (C=O) groups is 2. The standard InChI is InChI=1S/C16H15F3N2O3S/c1-2-10-4-5-11(25-10)8-20-14(22)15(23)21-9-3-6-13(12(17)7-9)24-16(18)19/h3-7,16H,2,8H2,1H3,(H,20,22)(H,21,23). The fraction of sp³-hybridized carbons (Fsp3) is 0.250. The van der Waals surface area contributed by atoms with Gasteiger partial charge in [0.15, 0.2) is 11.6 Å². The smallest absolute Gasteiger partial charge is 0.387 e. The molecule has 0 aliphatic rings. The molecule has 1 aromatic carbocycles. The van der Waals surface area contributed by atoms with E-state index in [4.69, 9.17) is 0 Å². The van der Waals surface area contributed by atoms with Crippen LogP contribution in [0.4, 0.5) is 18.9 Å². The summed E-state index contributed by atoms with van der Waals surface area (Å²) in [5.74, 6) is -3.61. The second kappa shape index (κ2) is 8.52. The Hall–Kier alpha value is -2.55. The molecular formula is C16H15F3N2O3S. The Labute approximate surface area is 145 Å². The topological polar surface area (TPSA) is 67.4 Å². The minimum atomic E-state index is -3.16. The highest BCUT2D eigenvalue weighted by molar-refractivity contribution is 7.11. The Morgan fingerprint density at radius 2 is 1.88 bits per heavy atom. The van der Waals surface area contributed by atoms with Crippen molar-refractivity contribution in [3.8, 4) is 5.75 Å². The van der Waals surface area contributed by atoms with Gasteiger partial charge in [0.25, 0.3) is 0 Å². The van der Waals surface area contributed by atoms with Crippen molar-refractivity contribution in [2.75, 3.05) is 5.32 Å². The van der Waals surface area contributed by atoms with Crippen LogP contribution in [0.5, 0.6) is 5.75 Å². The van der Waals surface area contributed by atoms with Crippen LogP contribution in [0.25, 0.3) is 0 Å². The number of anilines is 1. The number of benzene rings is 1. The first-order valence-corrected chi connectivity index (χ1v) is 8.11. The number of hydrogen-bond donors (Lipinski definition) is 2. The molecule has 0 spiro atoms. The molecule has 0 fully saturated rings. The first-order valence-electron chi connectivity index (χ1n) is 7.30. The summed E-state index contributed by atoms with van der Waals surface area (Å²) >= 11 is 1.53. The monoisotopic (exact) mass is 372 g/mol. The second-order valence-corrected chi connectivity index (χ2v) is 6.13. The van der Waals surface area contributed by atoms with Gasteiger partial charge in [-0.2, -0.15) is 8.78 Å². The van der Waals surface area contributed by atoms with E-state index in [1.54, 1.807) is 0 Å². The van der Waals surface area contributed by atoms with E-state index in [1.165, 1.54) is 11.3 Å². The molecule has 1 aromatic heterocycles. The van der Waals surface area contributed by atoms with Crippen LogP contribution in [0, 0.1) is 5.82 Å². The first-order chi connectivity index (χ1) is 11.9. The number of halogens is 3. The normalized spacial score (nSPS) is 10.6. The van der Waals surface area contributed by atoms with Crippen molar-refractivity contribution in [3.05, 3.63) is 45.9 Å². The molecule has 0 unspecified atom stereocenters. The van der Waals surface area contributed by atoms with Crippen LogP contribution in [0.1, 0.15) is 16.7 Å². The van der Waals surface area contributed by atoms with Crippen molar-refractivity contribution in [2.45, 2.75) is 26.5 Å². The van der Waals surface area contributed by atoms with Crippen molar-refractivity contribution >= 4 is 28.8 Å². The number of thiophene rings is 1. The number of rotatable bonds is 6. The quantitative estimate of drug-likeness (QED) is 0.765. The average molecular weight is 372 g/mol. The molecule has 5 nitrogen and oxygen atoms in total. The average Bonchev–Trinajstić information content (AvgIpc) is 3.03. The summed E-state index contributed by atoms with van der Waals surface area (Å²) in [7, 11) is 0. The Morgan fingerprint density at radius 3 is 2.48 bits per heavy atom. The highest BCUT2D eigenvalue weighted by Crippen LogP contribution is 2.22. The predicted molar refractivity (Wildman–Crippen MR) is 87.2 cm³/mol. The van der Waals surface area contributed by atoms with Crippen LogP contribution in [0.3, 0.4) is 0 Å². The van der Waals surface area contributed by atoms with Gasteiger partial charge in [0.2, 0.25) is 0 Å². The van der Waals surface area contributed by atoms with Crippen LogP contribution in [0.15, 0.2) is 30.3 Å². The van der Waals surface area contributed by atoms with E-state index >= 15 is 0 Å². The zero-order chi connectivity index (χ0) is 18.4.